The molecule has 0 spiro atoms. The fourth-order valence-electron chi connectivity index (χ4n) is 5.19. The Hall–Kier alpha value is -4.10. The first-order chi connectivity index (χ1) is 21.6. The minimum absolute atomic E-state index is 0.228. The van der Waals surface area contributed by atoms with E-state index in [9.17, 15) is 0 Å². The van der Waals surface area contributed by atoms with Gasteiger partial charge in [0, 0.05) is 5.92 Å². The SMILES string of the molecule is COc1ccc(C(C)(C)C)cc1.Cc1ccc(-c2ccc(C)c(C)c2)cc1C.Cc1ccc(C(C)c2ccc(C)c(C)c2)cc1C. The molecule has 0 aliphatic carbocycles. The predicted octanol–water partition coefficient (Wildman–Crippen LogP) is 12.7. The Balaban J connectivity index is 0.000000192. The second-order valence-corrected chi connectivity index (χ2v) is 14.0. The number of benzene rings is 5. The van der Waals surface area contributed by atoms with E-state index in [0.29, 0.717) is 5.92 Å². The van der Waals surface area contributed by atoms with Gasteiger partial charge in [0.1, 0.15) is 5.75 Å². The van der Waals surface area contributed by atoms with Gasteiger partial charge in [-0.05, 0) is 145 Å². The van der Waals surface area contributed by atoms with Crippen LogP contribution < -0.4 is 4.74 Å². The van der Waals surface area contributed by atoms with Gasteiger partial charge < -0.3 is 4.74 Å². The van der Waals surface area contributed by atoms with Gasteiger partial charge >= 0.3 is 0 Å². The van der Waals surface area contributed by atoms with Gasteiger partial charge in [0.25, 0.3) is 0 Å². The van der Waals surface area contributed by atoms with Gasteiger partial charge in [-0.15, -0.1) is 0 Å². The maximum absolute atomic E-state index is 5.08. The highest BCUT2D eigenvalue weighted by atomic mass is 16.5. The first-order valence-electron chi connectivity index (χ1n) is 16.5. The Morgan fingerprint density at radius 1 is 0.435 bits per heavy atom. The second-order valence-electron chi connectivity index (χ2n) is 14.0. The Labute approximate surface area is 280 Å². The van der Waals surface area contributed by atoms with Gasteiger partial charge in [0.15, 0.2) is 0 Å². The topological polar surface area (TPSA) is 9.23 Å². The molecule has 0 saturated heterocycles. The molecule has 0 aromatic heterocycles. The van der Waals surface area contributed by atoms with E-state index in [4.69, 9.17) is 4.74 Å². The molecule has 0 amide bonds. The lowest BCUT2D eigenvalue weighted by molar-refractivity contribution is 0.414. The molecule has 5 rings (SSSR count). The number of aryl methyl sites for hydroxylation is 8. The highest BCUT2D eigenvalue weighted by molar-refractivity contribution is 5.66. The molecule has 0 radical (unpaired) electrons. The molecule has 242 valence electrons. The summed E-state index contributed by atoms with van der Waals surface area (Å²) in [4.78, 5) is 0. The molecule has 0 unspecified atom stereocenters. The van der Waals surface area contributed by atoms with Crippen molar-refractivity contribution >= 4 is 0 Å². The Bertz CT molecular complexity index is 1630. The van der Waals surface area contributed by atoms with Gasteiger partial charge in [-0.25, -0.2) is 0 Å². The number of methoxy groups -OCH3 is 1. The van der Waals surface area contributed by atoms with E-state index >= 15 is 0 Å². The number of hydrogen-bond acceptors (Lipinski definition) is 1. The molecule has 0 atom stereocenters. The molecule has 0 fully saturated rings. The third-order valence-electron chi connectivity index (χ3n) is 9.37. The Morgan fingerprint density at radius 3 is 1.09 bits per heavy atom. The van der Waals surface area contributed by atoms with Crippen molar-refractivity contribution in [3.05, 3.63) is 158 Å². The van der Waals surface area contributed by atoms with Crippen LogP contribution in [0, 0.1) is 55.4 Å². The van der Waals surface area contributed by atoms with Crippen molar-refractivity contribution in [2.75, 3.05) is 7.11 Å². The molecule has 5 aromatic rings. The zero-order valence-corrected chi connectivity index (χ0v) is 30.7. The average molecular weight is 613 g/mol. The van der Waals surface area contributed by atoms with E-state index in [1.807, 2.05) is 12.1 Å². The van der Waals surface area contributed by atoms with Gasteiger partial charge in [0.2, 0.25) is 0 Å². The molecule has 1 nitrogen and oxygen atoms in total. The molecule has 0 aliphatic heterocycles. The van der Waals surface area contributed by atoms with Gasteiger partial charge in [0.05, 0.1) is 7.11 Å². The Kier molecular flexibility index (Phi) is 12.6. The molecule has 5 aromatic carbocycles. The van der Waals surface area contributed by atoms with E-state index in [1.165, 1.54) is 72.3 Å². The molecular weight excluding hydrogens is 556 g/mol. The summed E-state index contributed by atoms with van der Waals surface area (Å²) in [7, 11) is 1.69. The lowest BCUT2D eigenvalue weighted by Crippen LogP contribution is -2.10. The highest BCUT2D eigenvalue weighted by Crippen LogP contribution is 2.28. The van der Waals surface area contributed by atoms with Crippen LogP contribution in [0.5, 0.6) is 5.75 Å². The largest absolute Gasteiger partial charge is 0.497 e. The van der Waals surface area contributed by atoms with Crippen molar-refractivity contribution in [3.63, 3.8) is 0 Å². The van der Waals surface area contributed by atoms with E-state index in [0.717, 1.165) is 5.75 Å². The normalized spacial score (nSPS) is 10.9. The quantitative estimate of drug-likeness (QED) is 0.196. The minimum Gasteiger partial charge on any atom is -0.497 e. The summed E-state index contributed by atoms with van der Waals surface area (Å²) in [5.74, 6) is 1.38. The molecule has 0 saturated carbocycles. The Morgan fingerprint density at radius 2 is 0.783 bits per heavy atom. The summed E-state index contributed by atoms with van der Waals surface area (Å²) in [6.45, 7) is 26.2. The lowest BCUT2D eigenvalue weighted by Gasteiger charge is -2.18. The van der Waals surface area contributed by atoms with Crippen LogP contribution in [-0.4, -0.2) is 7.11 Å². The zero-order valence-electron chi connectivity index (χ0n) is 30.7. The zero-order chi connectivity index (χ0) is 34.2. The van der Waals surface area contributed by atoms with E-state index in [2.05, 4.69) is 168 Å². The van der Waals surface area contributed by atoms with Crippen LogP contribution in [0.3, 0.4) is 0 Å². The smallest absolute Gasteiger partial charge is 0.118 e. The first kappa shape index (κ1) is 36.4. The minimum atomic E-state index is 0.228. The molecule has 0 aliphatic rings. The van der Waals surface area contributed by atoms with Gasteiger partial charge in [-0.3, -0.25) is 0 Å². The van der Waals surface area contributed by atoms with Crippen LogP contribution in [0.4, 0.5) is 0 Å². The van der Waals surface area contributed by atoms with Crippen LogP contribution >= 0.6 is 0 Å². The lowest BCUT2D eigenvalue weighted by atomic mass is 9.87. The summed E-state index contributed by atoms with van der Waals surface area (Å²) in [5.41, 5.74) is 17.9. The molecule has 1 heteroatoms. The van der Waals surface area contributed by atoms with E-state index in [1.54, 1.807) is 7.11 Å². The van der Waals surface area contributed by atoms with Crippen LogP contribution in [0.2, 0.25) is 0 Å². The molecule has 0 heterocycles. The van der Waals surface area contributed by atoms with Crippen molar-refractivity contribution in [1.29, 1.82) is 0 Å². The summed E-state index contributed by atoms with van der Waals surface area (Å²) in [5, 5.41) is 0. The summed E-state index contributed by atoms with van der Waals surface area (Å²) in [6.07, 6.45) is 0. The van der Waals surface area contributed by atoms with Gasteiger partial charge in [-0.2, -0.15) is 0 Å². The van der Waals surface area contributed by atoms with Crippen molar-refractivity contribution in [3.8, 4) is 16.9 Å². The molecular formula is C45H56O. The fraction of sp³-hybridized carbons (Fsp3) is 0.333. The summed E-state index contributed by atoms with van der Waals surface area (Å²) < 4.78 is 5.08. The third-order valence-corrected chi connectivity index (χ3v) is 9.37. The molecule has 46 heavy (non-hydrogen) atoms. The van der Waals surface area contributed by atoms with Crippen LogP contribution in [0.1, 0.15) is 94.8 Å². The third kappa shape index (κ3) is 9.95. The number of ether oxygens (including phenoxy) is 1. The summed E-state index contributed by atoms with van der Waals surface area (Å²) >= 11 is 0. The highest BCUT2D eigenvalue weighted by Gasteiger charge is 2.13. The van der Waals surface area contributed by atoms with Crippen molar-refractivity contribution in [2.45, 2.75) is 94.4 Å². The maximum Gasteiger partial charge on any atom is 0.118 e. The molecule has 0 N–H and O–H groups in total. The monoisotopic (exact) mass is 612 g/mol. The average Bonchev–Trinajstić information content (AvgIpc) is 3.02. The second kappa shape index (κ2) is 15.9. The van der Waals surface area contributed by atoms with Crippen molar-refractivity contribution < 1.29 is 4.74 Å². The maximum atomic E-state index is 5.08. The van der Waals surface area contributed by atoms with Crippen molar-refractivity contribution in [1.82, 2.24) is 0 Å². The van der Waals surface area contributed by atoms with Crippen LogP contribution in [0.15, 0.2) is 97.1 Å². The summed E-state index contributed by atoms with van der Waals surface area (Å²) in [6, 6.07) is 35.1. The van der Waals surface area contributed by atoms with Crippen LogP contribution in [0.25, 0.3) is 11.1 Å². The first-order valence-corrected chi connectivity index (χ1v) is 16.5. The standard InChI is InChI=1S/C18H22.C16H18.C11H16O/c1-12-6-8-17(10-14(12)3)16(5)18-9-7-13(2)15(4)11-18;1-11-5-7-15(9-13(11)3)16-8-6-12(2)14(4)10-16;1-11(2,3)9-5-7-10(12-4)8-6-9/h6-11,16H,1-5H3;5-10H,1-4H3;5-8H,1-4H3. The van der Waals surface area contributed by atoms with E-state index in [-0.39, 0.29) is 5.41 Å². The van der Waals surface area contributed by atoms with E-state index < -0.39 is 0 Å². The number of rotatable bonds is 4. The van der Waals surface area contributed by atoms with Crippen LogP contribution in [-0.2, 0) is 5.41 Å². The fourth-order valence-corrected chi connectivity index (χ4v) is 5.19. The van der Waals surface area contributed by atoms with Gasteiger partial charge in [-0.1, -0.05) is 113 Å². The van der Waals surface area contributed by atoms with Crippen molar-refractivity contribution in [2.24, 2.45) is 0 Å². The number of hydrogen-bond donors (Lipinski definition) is 0. The predicted molar refractivity (Wildman–Crippen MR) is 202 cm³/mol. The molecule has 0 bridgehead atoms.